The van der Waals surface area contributed by atoms with Crippen LogP contribution < -0.4 is 15.5 Å². The fourth-order valence-corrected chi connectivity index (χ4v) is 4.13. The molecule has 10 heteroatoms. The average Bonchev–Trinajstić information content (AvgIpc) is 2.69. The molecule has 0 atom stereocenters. The normalized spacial score (nSPS) is 15.3. The standard InChI is InChI=1S/C19H25F2N5O2S/c1-3-26(11-13-4-6-22-7-5-13)19-10-18(23-12-24-19)25-16-8-15(21)17(9-14(16)20)29(2,27)28/h8-10,12-13,22H,3-7,11H2,1-2H3,(H,23,24,25). The van der Waals surface area contributed by atoms with Crippen molar-refractivity contribution < 1.29 is 17.2 Å². The van der Waals surface area contributed by atoms with Gasteiger partial charge >= 0.3 is 0 Å². The number of halogens is 2. The van der Waals surface area contributed by atoms with E-state index < -0.39 is 26.4 Å². The van der Waals surface area contributed by atoms with Crippen LogP contribution in [-0.2, 0) is 9.84 Å². The zero-order valence-corrected chi connectivity index (χ0v) is 17.3. The van der Waals surface area contributed by atoms with Crippen molar-refractivity contribution in [2.75, 3.05) is 42.7 Å². The molecule has 1 aromatic heterocycles. The number of aromatic nitrogens is 2. The minimum Gasteiger partial charge on any atom is -0.356 e. The minimum absolute atomic E-state index is 0.194. The van der Waals surface area contributed by atoms with Crippen molar-refractivity contribution in [1.82, 2.24) is 15.3 Å². The third kappa shape index (κ3) is 5.39. The van der Waals surface area contributed by atoms with Gasteiger partial charge in [-0.3, -0.25) is 0 Å². The number of nitrogens with zero attached hydrogens (tertiary/aromatic N) is 3. The van der Waals surface area contributed by atoms with Gasteiger partial charge in [-0.2, -0.15) is 0 Å². The largest absolute Gasteiger partial charge is 0.356 e. The van der Waals surface area contributed by atoms with Crippen molar-refractivity contribution in [2.24, 2.45) is 5.92 Å². The summed E-state index contributed by atoms with van der Waals surface area (Å²) < 4.78 is 51.5. The molecule has 2 aromatic rings. The first-order valence-corrected chi connectivity index (χ1v) is 11.4. The van der Waals surface area contributed by atoms with Crippen LogP contribution in [0.15, 0.2) is 29.4 Å². The van der Waals surface area contributed by atoms with E-state index in [1.807, 2.05) is 6.92 Å². The summed E-state index contributed by atoms with van der Waals surface area (Å²) in [5, 5.41) is 6.06. The van der Waals surface area contributed by atoms with Crippen LogP contribution in [0.1, 0.15) is 19.8 Å². The molecule has 7 nitrogen and oxygen atoms in total. The molecule has 1 fully saturated rings. The van der Waals surface area contributed by atoms with Gasteiger partial charge in [0.25, 0.3) is 0 Å². The monoisotopic (exact) mass is 425 g/mol. The van der Waals surface area contributed by atoms with Gasteiger partial charge in [-0.25, -0.2) is 27.2 Å². The van der Waals surface area contributed by atoms with E-state index in [2.05, 4.69) is 25.5 Å². The maximum absolute atomic E-state index is 14.3. The number of nitrogens with one attached hydrogen (secondary N) is 2. The van der Waals surface area contributed by atoms with Gasteiger partial charge in [-0.05, 0) is 44.8 Å². The lowest BCUT2D eigenvalue weighted by Gasteiger charge is -2.30. The molecule has 1 aliphatic heterocycles. The topological polar surface area (TPSA) is 87.2 Å². The number of hydrogen-bond acceptors (Lipinski definition) is 7. The Morgan fingerprint density at radius 1 is 1.17 bits per heavy atom. The van der Waals surface area contributed by atoms with Crippen molar-refractivity contribution in [2.45, 2.75) is 24.7 Å². The molecule has 158 valence electrons. The molecule has 1 aliphatic rings. The summed E-state index contributed by atoms with van der Waals surface area (Å²) >= 11 is 0. The molecule has 1 aromatic carbocycles. The molecule has 3 rings (SSSR count). The molecule has 2 N–H and O–H groups in total. The lowest BCUT2D eigenvalue weighted by atomic mass is 9.97. The first kappa shape index (κ1) is 21.4. The van der Waals surface area contributed by atoms with Gasteiger partial charge in [0.1, 0.15) is 34.5 Å². The van der Waals surface area contributed by atoms with Crippen LogP contribution in [0.2, 0.25) is 0 Å². The lowest BCUT2D eigenvalue weighted by Crippen LogP contribution is -2.36. The zero-order chi connectivity index (χ0) is 21.0. The highest BCUT2D eigenvalue weighted by atomic mass is 32.2. The van der Waals surface area contributed by atoms with E-state index in [4.69, 9.17) is 0 Å². The molecule has 0 bridgehead atoms. The number of rotatable bonds is 7. The molecular weight excluding hydrogens is 400 g/mol. The van der Waals surface area contributed by atoms with E-state index in [0.29, 0.717) is 23.6 Å². The first-order valence-electron chi connectivity index (χ1n) is 9.51. The molecule has 0 amide bonds. The summed E-state index contributed by atoms with van der Waals surface area (Å²) in [6, 6.07) is 3.16. The van der Waals surface area contributed by atoms with E-state index in [1.54, 1.807) is 6.07 Å². The highest BCUT2D eigenvalue weighted by Gasteiger charge is 2.20. The fourth-order valence-electron chi connectivity index (χ4n) is 3.40. The number of sulfone groups is 1. The molecule has 29 heavy (non-hydrogen) atoms. The van der Waals surface area contributed by atoms with Crippen LogP contribution in [-0.4, -0.2) is 50.8 Å². The summed E-state index contributed by atoms with van der Waals surface area (Å²) in [6.07, 6.45) is 4.39. The van der Waals surface area contributed by atoms with Crippen LogP contribution >= 0.6 is 0 Å². The molecule has 0 aliphatic carbocycles. The summed E-state index contributed by atoms with van der Waals surface area (Å²) in [7, 11) is -3.86. The number of piperidine rings is 1. The summed E-state index contributed by atoms with van der Waals surface area (Å²) in [6.45, 7) is 5.67. The van der Waals surface area contributed by atoms with Gasteiger partial charge in [0.15, 0.2) is 9.84 Å². The summed E-state index contributed by atoms with van der Waals surface area (Å²) in [5.74, 6) is -0.347. The van der Waals surface area contributed by atoms with Crippen LogP contribution in [0.4, 0.5) is 26.1 Å². The molecule has 2 heterocycles. The van der Waals surface area contributed by atoms with E-state index in [1.165, 1.54) is 6.33 Å². The molecule has 1 saturated heterocycles. The summed E-state index contributed by atoms with van der Waals surface area (Å²) in [5.41, 5.74) is -0.194. The van der Waals surface area contributed by atoms with Gasteiger partial charge in [0.2, 0.25) is 0 Å². The highest BCUT2D eigenvalue weighted by Crippen LogP contribution is 2.26. The Kier molecular flexibility index (Phi) is 6.63. The molecule has 0 saturated carbocycles. The Labute approximate surface area is 169 Å². The van der Waals surface area contributed by atoms with Gasteiger partial charge in [0, 0.05) is 31.5 Å². The Morgan fingerprint density at radius 2 is 1.90 bits per heavy atom. The second-order valence-corrected chi connectivity index (χ2v) is 9.14. The van der Waals surface area contributed by atoms with E-state index in [0.717, 1.165) is 51.3 Å². The van der Waals surface area contributed by atoms with Crippen LogP contribution in [0.3, 0.4) is 0 Å². The van der Waals surface area contributed by atoms with Crippen molar-refractivity contribution in [3.8, 4) is 0 Å². The lowest BCUT2D eigenvalue weighted by molar-refractivity contribution is 0.374. The number of anilines is 3. The van der Waals surface area contributed by atoms with Gasteiger partial charge in [-0.15, -0.1) is 0 Å². The van der Waals surface area contributed by atoms with E-state index >= 15 is 0 Å². The maximum atomic E-state index is 14.3. The first-order chi connectivity index (χ1) is 13.8. The quantitative estimate of drug-likeness (QED) is 0.705. The fraction of sp³-hybridized carbons (Fsp3) is 0.474. The van der Waals surface area contributed by atoms with Gasteiger partial charge in [-0.1, -0.05) is 0 Å². The Morgan fingerprint density at radius 3 is 2.55 bits per heavy atom. The van der Waals surface area contributed by atoms with E-state index in [-0.39, 0.29) is 5.69 Å². The van der Waals surface area contributed by atoms with Crippen LogP contribution in [0.5, 0.6) is 0 Å². The van der Waals surface area contributed by atoms with Crippen molar-refractivity contribution in [3.05, 3.63) is 36.2 Å². The highest BCUT2D eigenvalue weighted by molar-refractivity contribution is 7.90. The Hall–Kier alpha value is -2.33. The second-order valence-electron chi connectivity index (χ2n) is 7.15. The average molecular weight is 426 g/mol. The molecular formula is C19H25F2N5O2S. The van der Waals surface area contributed by atoms with Crippen LogP contribution in [0, 0.1) is 17.6 Å². The summed E-state index contributed by atoms with van der Waals surface area (Å²) in [4.78, 5) is 9.84. The van der Waals surface area contributed by atoms with Crippen molar-refractivity contribution in [1.29, 1.82) is 0 Å². The molecule has 0 spiro atoms. The Balaban J connectivity index is 1.79. The zero-order valence-electron chi connectivity index (χ0n) is 16.5. The van der Waals surface area contributed by atoms with Gasteiger partial charge in [0.05, 0.1) is 5.69 Å². The van der Waals surface area contributed by atoms with Gasteiger partial charge < -0.3 is 15.5 Å². The third-order valence-electron chi connectivity index (χ3n) is 4.98. The molecule has 0 radical (unpaired) electrons. The predicted octanol–water partition coefficient (Wildman–Crippen LogP) is 2.73. The van der Waals surface area contributed by atoms with Crippen molar-refractivity contribution >= 4 is 27.2 Å². The minimum atomic E-state index is -3.86. The smallest absolute Gasteiger partial charge is 0.178 e. The second kappa shape index (κ2) is 9.00. The SMILES string of the molecule is CCN(CC1CCNCC1)c1cc(Nc2cc(F)c(S(C)(=O)=O)cc2F)ncn1. The number of hydrogen-bond donors (Lipinski definition) is 2. The third-order valence-corrected chi connectivity index (χ3v) is 6.09. The predicted molar refractivity (Wildman–Crippen MR) is 108 cm³/mol. The maximum Gasteiger partial charge on any atom is 0.178 e. The van der Waals surface area contributed by atoms with Crippen molar-refractivity contribution in [3.63, 3.8) is 0 Å². The molecule has 0 unspecified atom stereocenters. The van der Waals surface area contributed by atoms with E-state index in [9.17, 15) is 17.2 Å². The Bertz CT molecular complexity index is 965. The van der Waals surface area contributed by atoms with Crippen LogP contribution in [0.25, 0.3) is 0 Å². The number of benzene rings is 1.